The number of aromatic nitrogens is 3. The van der Waals surface area contributed by atoms with E-state index in [0.717, 1.165) is 11.7 Å². The fourth-order valence-corrected chi connectivity index (χ4v) is 2.97. The lowest BCUT2D eigenvalue weighted by Crippen LogP contribution is -2.15. The highest BCUT2D eigenvalue weighted by Crippen LogP contribution is 2.18. The number of nitrogens with one attached hydrogen (secondary N) is 1. The molecule has 1 aromatic carbocycles. The van der Waals surface area contributed by atoms with Crippen molar-refractivity contribution >= 4 is 35.1 Å². The number of amides is 1. The zero-order valence-corrected chi connectivity index (χ0v) is 14.3. The minimum absolute atomic E-state index is 0.135. The lowest BCUT2D eigenvalue weighted by Gasteiger charge is -2.08. The van der Waals surface area contributed by atoms with Gasteiger partial charge < -0.3 is 9.88 Å². The Morgan fingerprint density at radius 3 is 2.75 bits per heavy atom. The highest BCUT2D eigenvalue weighted by molar-refractivity contribution is 7.99. The molecular formula is C17H15ClN4OS. The third-order valence-corrected chi connectivity index (χ3v) is 4.43. The van der Waals surface area contributed by atoms with Crippen LogP contribution in [0.4, 0.5) is 5.82 Å². The molecule has 3 aromatic rings. The molecule has 0 aliphatic heterocycles. The average Bonchev–Trinajstić information content (AvgIpc) is 3.03. The van der Waals surface area contributed by atoms with Crippen molar-refractivity contribution < 1.29 is 4.79 Å². The van der Waals surface area contributed by atoms with Crippen molar-refractivity contribution in [3.63, 3.8) is 0 Å². The van der Waals surface area contributed by atoms with E-state index in [0.29, 0.717) is 10.8 Å². The van der Waals surface area contributed by atoms with Crippen LogP contribution < -0.4 is 5.32 Å². The zero-order valence-electron chi connectivity index (χ0n) is 12.7. The normalized spacial score (nSPS) is 10.5. The quantitative estimate of drug-likeness (QED) is 0.682. The van der Waals surface area contributed by atoms with Crippen LogP contribution in [0.1, 0.15) is 5.56 Å². The largest absolute Gasteiger partial charge is 0.322 e. The van der Waals surface area contributed by atoms with Crippen LogP contribution in [0, 0.1) is 0 Å². The molecule has 5 nitrogen and oxygen atoms in total. The van der Waals surface area contributed by atoms with Gasteiger partial charge in [-0.15, -0.1) is 0 Å². The maximum absolute atomic E-state index is 12.0. The monoisotopic (exact) mass is 358 g/mol. The number of nitrogens with zero attached hydrogens (tertiary/aromatic N) is 3. The Labute approximate surface area is 149 Å². The van der Waals surface area contributed by atoms with E-state index in [2.05, 4.69) is 27.4 Å². The molecular weight excluding hydrogens is 344 g/mol. The highest BCUT2D eigenvalue weighted by Gasteiger charge is 2.09. The fraction of sp³-hybridized carbons (Fsp3) is 0.118. The molecule has 2 heterocycles. The summed E-state index contributed by atoms with van der Waals surface area (Å²) in [7, 11) is 0. The summed E-state index contributed by atoms with van der Waals surface area (Å²) in [5.41, 5.74) is 1.19. The molecule has 0 fully saturated rings. The van der Waals surface area contributed by atoms with E-state index >= 15 is 0 Å². The second-order valence-corrected chi connectivity index (χ2v) is 6.40. The van der Waals surface area contributed by atoms with Crippen LogP contribution in [0.25, 0.3) is 0 Å². The van der Waals surface area contributed by atoms with Crippen LogP contribution in [0.2, 0.25) is 5.02 Å². The first-order valence-electron chi connectivity index (χ1n) is 7.30. The molecule has 0 saturated heterocycles. The van der Waals surface area contributed by atoms with Gasteiger partial charge in [0.15, 0.2) is 5.16 Å². The Morgan fingerprint density at radius 1 is 1.17 bits per heavy atom. The summed E-state index contributed by atoms with van der Waals surface area (Å²) in [6.07, 6.45) is 5.15. The van der Waals surface area contributed by atoms with Gasteiger partial charge in [0, 0.05) is 25.1 Å². The number of anilines is 1. The van der Waals surface area contributed by atoms with E-state index in [1.165, 1.54) is 23.5 Å². The van der Waals surface area contributed by atoms with Crippen molar-refractivity contribution in [2.75, 3.05) is 11.1 Å². The number of hydrogen-bond acceptors (Lipinski definition) is 4. The van der Waals surface area contributed by atoms with Crippen molar-refractivity contribution in [3.8, 4) is 0 Å². The average molecular weight is 359 g/mol. The smallest absolute Gasteiger partial charge is 0.236 e. The van der Waals surface area contributed by atoms with Gasteiger partial charge >= 0.3 is 0 Å². The van der Waals surface area contributed by atoms with E-state index in [4.69, 9.17) is 11.6 Å². The van der Waals surface area contributed by atoms with Gasteiger partial charge in [-0.3, -0.25) is 4.79 Å². The molecule has 0 saturated carbocycles. The Hall–Kier alpha value is -2.31. The molecule has 122 valence electrons. The highest BCUT2D eigenvalue weighted by atomic mass is 35.5. The second-order valence-electron chi connectivity index (χ2n) is 5.02. The number of halogens is 1. The summed E-state index contributed by atoms with van der Waals surface area (Å²) in [5, 5.41) is 4.07. The number of carbonyl (C=O) groups excluding carboxylic acids is 1. The van der Waals surface area contributed by atoms with Gasteiger partial charge in [-0.2, -0.15) is 0 Å². The van der Waals surface area contributed by atoms with Gasteiger partial charge in [-0.25, -0.2) is 9.97 Å². The summed E-state index contributed by atoms with van der Waals surface area (Å²) in [6, 6.07) is 13.5. The Bertz CT molecular complexity index is 805. The third-order valence-electron chi connectivity index (χ3n) is 3.20. The molecule has 0 aliphatic rings. The van der Waals surface area contributed by atoms with Gasteiger partial charge in [-0.1, -0.05) is 53.7 Å². The minimum Gasteiger partial charge on any atom is -0.322 e. The molecule has 0 aliphatic carbocycles. The maximum Gasteiger partial charge on any atom is 0.236 e. The van der Waals surface area contributed by atoms with Crippen LogP contribution in [0.3, 0.4) is 0 Å². The van der Waals surface area contributed by atoms with E-state index in [-0.39, 0.29) is 11.7 Å². The summed E-state index contributed by atoms with van der Waals surface area (Å²) in [6.45, 7) is 0.726. The molecule has 0 radical (unpaired) electrons. The van der Waals surface area contributed by atoms with E-state index in [9.17, 15) is 4.79 Å². The van der Waals surface area contributed by atoms with Crippen molar-refractivity contribution in [3.05, 3.63) is 71.6 Å². The summed E-state index contributed by atoms with van der Waals surface area (Å²) >= 11 is 7.16. The molecule has 1 amide bonds. The zero-order chi connectivity index (χ0) is 16.8. The van der Waals surface area contributed by atoms with Gasteiger partial charge in [0.25, 0.3) is 0 Å². The standard InChI is InChI=1S/C17H15ClN4OS/c18-14-6-7-15(20-10-14)21-16(23)12-24-17-19-8-9-22(17)11-13-4-2-1-3-5-13/h1-10H,11-12H2,(H,20,21,23). The van der Waals surface area contributed by atoms with Crippen molar-refractivity contribution in [2.24, 2.45) is 0 Å². The third kappa shape index (κ3) is 4.59. The first-order valence-corrected chi connectivity index (χ1v) is 8.66. The predicted molar refractivity (Wildman–Crippen MR) is 96.4 cm³/mol. The number of imidazole rings is 1. The van der Waals surface area contributed by atoms with Crippen LogP contribution in [0.15, 0.2) is 66.2 Å². The van der Waals surface area contributed by atoms with Crippen LogP contribution in [-0.2, 0) is 11.3 Å². The molecule has 2 aromatic heterocycles. The van der Waals surface area contributed by atoms with Gasteiger partial charge in [0.1, 0.15) is 5.82 Å². The summed E-state index contributed by atoms with van der Waals surface area (Å²) in [4.78, 5) is 20.4. The Morgan fingerprint density at radius 2 is 2.00 bits per heavy atom. The molecule has 24 heavy (non-hydrogen) atoms. The molecule has 0 spiro atoms. The molecule has 0 bridgehead atoms. The first kappa shape index (κ1) is 16.5. The number of benzene rings is 1. The SMILES string of the molecule is O=C(CSc1nccn1Cc1ccccc1)Nc1ccc(Cl)cn1. The molecule has 7 heteroatoms. The lowest BCUT2D eigenvalue weighted by atomic mass is 10.2. The first-order chi connectivity index (χ1) is 11.7. The van der Waals surface area contributed by atoms with Crippen LogP contribution in [0.5, 0.6) is 0 Å². The van der Waals surface area contributed by atoms with Crippen molar-refractivity contribution in [1.82, 2.24) is 14.5 Å². The molecule has 0 unspecified atom stereocenters. The number of pyridine rings is 1. The lowest BCUT2D eigenvalue weighted by molar-refractivity contribution is -0.113. The predicted octanol–water partition coefficient (Wildman–Crippen LogP) is 3.71. The minimum atomic E-state index is -0.135. The topological polar surface area (TPSA) is 59.8 Å². The maximum atomic E-state index is 12.0. The molecule has 1 N–H and O–H groups in total. The van der Waals surface area contributed by atoms with E-state index < -0.39 is 0 Å². The summed E-state index contributed by atoms with van der Waals surface area (Å²) in [5.74, 6) is 0.609. The number of thioether (sulfide) groups is 1. The number of carbonyl (C=O) groups is 1. The number of rotatable bonds is 6. The Balaban J connectivity index is 1.56. The van der Waals surface area contributed by atoms with Gasteiger partial charge in [0.05, 0.1) is 10.8 Å². The van der Waals surface area contributed by atoms with Gasteiger partial charge in [0.2, 0.25) is 5.91 Å². The van der Waals surface area contributed by atoms with Crippen LogP contribution >= 0.6 is 23.4 Å². The van der Waals surface area contributed by atoms with E-state index in [1.807, 2.05) is 29.0 Å². The summed E-state index contributed by atoms with van der Waals surface area (Å²) < 4.78 is 2.02. The Kier molecular flexibility index (Phi) is 5.51. The van der Waals surface area contributed by atoms with Crippen molar-refractivity contribution in [1.29, 1.82) is 0 Å². The molecule has 0 atom stereocenters. The number of hydrogen-bond donors (Lipinski definition) is 1. The fourth-order valence-electron chi connectivity index (χ4n) is 2.09. The van der Waals surface area contributed by atoms with Gasteiger partial charge in [-0.05, 0) is 17.7 Å². The van der Waals surface area contributed by atoms with Crippen LogP contribution in [-0.4, -0.2) is 26.2 Å². The van der Waals surface area contributed by atoms with Crippen molar-refractivity contribution in [2.45, 2.75) is 11.7 Å². The second kappa shape index (κ2) is 7.99. The molecule has 3 rings (SSSR count). The van der Waals surface area contributed by atoms with E-state index in [1.54, 1.807) is 18.3 Å².